The van der Waals surface area contributed by atoms with Crippen LogP contribution in [-0.2, 0) is 0 Å². The van der Waals surface area contributed by atoms with Gasteiger partial charge in [-0.25, -0.2) is 9.97 Å². The minimum absolute atomic E-state index is 0.936. The molecule has 1 aromatic carbocycles. The summed E-state index contributed by atoms with van der Waals surface area (Å²) in [6.45, 7) is 2.06. The van der Waals surface area contributed by atoms with E-state index >= 15 is 0 Å². The summed E-state index contributed by atoms with van der Waals surface area (Å²) in [4.78, 5) is 7.80. The van der Waals surface area contributed by atoms with Crippen molar-refractivity contribution < 1.29 is 0 Å². The fourth-order valence-electron chi connectivity index (χ4n) is 1.22. The molecule has 0 spiro atoms. The van der Waals surface area contributed by atoms with Gasteiger partial charge in [0.15, 0.2) is 0 Å². The topological polar surface area (TPSA) is 25.8 Å². The first-order chi connectivity index (χ1) is 6.36. The normalized spacial score (nSPS) is 9.92. The van der Waals surface area contributed by atoms with Crippen molar-refractivity contribution in [1.82, 2.24) is 9.97 Å². The highest BCUT2D eigenvalue weighted by Crippen LogP contribution is 2.17. The second kappa shape index (κ2) is 3.35. The molecule has 0 aliphatic heterocycles. The van der Waals surface area contributed by atoms with Crippen LogP contribution in [0.25, 0.3) is 11.1 Å². The molecule has 2 rings (SSSR count). The number of benzene rings is 1. The fraction of sp³-hybridized carbons (Fsp3) is 0.0909. The number of hydrogen-bond donors (Lipinski definition) is 0. The number of hydrogen-bond acceptors (Lipinski definition) is 2. The maximum Gasteiger partial charge on any atom is 0.116 e. The molecule has 0 aliphatic rings. The molecule has 0 fully saturated rings. The van der Waals surface area contributed by atoms with Crippen LogP contribution in [0.1, 0.15) is 5.56 Å². The Morgan fingerprint density at radius 3 is 2.92 bits per heavy atom. The Morgan fingerprint density at radius 2 is 2.23 bits per heavy atom. The Hall–Kier alpha value is -1.70. The summed E-state index contributed by atoms with van der Waals surface area (Å²) in [6.07, 6.45) is 6.15. The maximum absolute atomic E-state index is 3.95. The van der Waals surface area contributed by atoms with Crippen molar-refractivity contribution in [3.05, 3.63) is 48.5 Å². The molecule has 0 aliphatic carbocycles. The second-order valence-corrected chi connectivity index (χ2v) is 2.92. The van der Waals surface area contributed by atoms with Gasteiger partial charge in [0, 0.05) is 11.8 Å². The summed E-state index contributed by atoms with van der Waals surface area (Å²) >= 11 is 0. The molecule has 63 valence electrons. The lowest BCUT2D eigenvalue weighted by Crippen LogP contribution is -1.82. The number of aryl methyl sites for hydroxylation is 1. The molecule has 0 bridgehead atoms. The Balaban J connectivity index is 2.48. The molecule has 2 nitrogen and oxygen atoms in total. The van der Waals surface area contributed by atoms with Crippen LogP contribution in [-0.4, -0.2) is 9.97 Å². The third-order valence-electron chi connectivity index (χ3n) is 1.84. The van der Waals surface area contributed by atoms with Gasteiger partial charge in [0.05, 0.1) is 0 Å². The molecule has 1 radical (unpaired) electrons. The van der Waals surface area contributed by atoms with Crippen LogP contribution < -0.4 is 0 Å². The highest BCUT2D eigenvalue weighted by Gasteiger charge is 1.96. The van der Waals surface area contributed by atoms with Gasteiger partial charge >= 0.3 is 0 Å². The van der Waals surface area contributed by atoms with Gasteiger partial charge < -0.3 is 0 Å². The highest BCUT2D eigenvalue weighted by molar-refractivity contribution is 5.61. The predicted molar refractivity (Wildman–Crippen MR) is 51.0 cm³/mol. The Morgan fingerprint density at radius 1 is 1.31 bits per heavy atom. The molecule has 0 saturated carbocycles. The zero-order chi connectivity index (χ0) is 9.10. The molecule has 1 aromatic heterocycles. The Bertz CT molecular complexity index is 396. The van der Waals surface area contributed by atoms with E-state index < -0.39 is 0 Å². The zero-order valence-corrected chi connectivity index (χ0v) is 7.36. The molecule has 13 heavy (non-hydrogen) atoms. The summed E-state index contributed by atoms with van der Waals surface area (Å²) in [5, 5.41) is 0. The zero-order valence-electron chi connectivity index (χ0n) is 7.36. The highest BCUT2D eigenvalue weighted by atomic mass is 14.8. The van der Waals surface area contributed by atoms with E-state index in [2.05, 4.69) is 35.2 Å². The van der Waals surface area contributed by atoms with Crippen molar-refractivity contribution in [2.75, 3.05) is 0 Å². The second-order valence-electron chi connectivity index (χ2n) is 2.92. The van der Waals surface area contributed by atoms with E-state index in [1.165, 1.54) is 11.9 Å². The van der Waals surface area contributed by atoms with Crippen LogP contribution in [0.3, 0.4) is 0 Å². The summed E-state index contributed by atoms with van der Waals surface area (Å²) in [5.41, 5.74) is 3.28. The van der Waals surface area contributed by atoms with Crippen molar-refractivity contribution >= 4 is 0 Å². The van der Waals surface area contributed by atoms with E-state index in [1.54, 1.807) is 6.20 Å². The van der Waals surface area contributed by atoms with Crippen LogP contribution in [0.5, 0.6) is 0 Å². The largest absolute Gasteiger partial charge is 0.244 e. The van der Waals surface area contributed by atoms with Crippen LogP contribution in [0, 0.1) is 13.1 Å². The molecule has 0 N–H and O–H groups in total. The molecule has 0 unspecified atom stereocenters. The van der Waals surface area contributed by atoms with Gasteiger partial charge in [0.1, 0.15) is 12.5 Å². The molecule has 0 amide bonds. The van der Waals surface area contributed by atoms with Gasteiger partial charge in [0.25, 0.3) is 0 Å². The van der Waals surface area contributed by atoms with Gasteiger partial charge in [-0.15, -0.1) is 0 Å². The molecular formula is C11H9N2. The lowest BCUT2D eigenvalue weighted by molar-refractivity contribution is 1.16. The maximum atomic E-state index is 3.95. The van der Waals surface area contributed by atoms with Crippen molar-refractivity contribution in [3.63, 3.8) is 0 Å². The standard InChI is InChI=1S/C11H9N2/c1-9-3-2-4-10(5-9)11-6-12-8-13-7-11/h2-6,8H,1H3. The molecule has 0 atom stereocenters. The summed E-state index contributed by atoms with van der Waals surface area (Å²) in [5.74, 6) is 0. The SMILES string of the molecule is Cc1cccc(-c2[c]ncnc2)c1. The average molecular weight is 169 g/mol. The van der Waals surface area contributed by atoms with E-state index in [9.17, 15) is 0 Å². The predicted octanol–water partition coefficient (Wildman–Crippen LogP) is 2.25. The summed E-state index contributed by atoms with van der Waals surface area (Å²) in [7, 11) is 0. The molecule has 1 heterocycles. The minimum atomic E-state index is 0.936. The van der Waals surface area contributed by atoms with Crippen molar-refractivity contribution in [1.29, 1.82) is 0 Å². The van der Waals surface area contributed by atoms with Gasteiger partial charge in [-0.2, -0.15) is 0 Å². The van der Waals surface area contributed by atoms with Crippen molar-refractivity contribution in [2.24, 2.45) is 0 Å². The number of nitrogens with zero attached hydrogens (tertiary/aromatic N) is 2. The van der Waals surface area contributed by atoms with Crippen molar-refractivity contribution in [2.45, 2.75) is 6.92 Å². The van der Waals surface area contributed by atoms with Crippen molar-refractivity contribution in [3.8, 4) is 11.1 Å². The smallest absolute Gasteiger partial charge is 0.116 e. The van der Waals surface area contributed by atoms with E-state index in [-0.39, 0.29) is 0 Å². The monoisotopic (exact) mass is 169 g/mol. The van der Waals surface area contributed by atoms with Gasteiger partial charge in [-0.1, -0.05) is 29.8 Å². The number of aromatic nitrogens is 2. The Labute approximate surface area is 77.3 Å². The van der Waals surface area contributed by atoms with Gasteiger partial charge in [0.2, 0.25) is 0 Å². The lowest BCUT2D eigenvalue weighted by Gasteiger charge is -1.99. The fourth-order valence-corrected chi connectivity index (χ4v) is 1.22. The molecular weight excluding hydrogens is 160 g/mol. The number of rotatable bonds is 1. The molecule has 2 heteroatoms. The van der Waals surface area contributed by atoms with E-state index in [0.29, 0.717) is 0 Å². The van der Waals surface area contributed by atoms with Crippen LogP contribution in [0.2, 0.25) is 0 Å². The quantitative estimate of drug-likeness (QED) is 0.654. The molecule has 0 saturated heterocycles. The average Bonchev–Trinajstić information content (AvgIpc) is 2.19. The first kappa shape index (κ1) is 7.92. The third-order valence-corrected chi connectivity index (χ3v) is 1.84. The Kier molecular flexibility index (Phi) is 2.04. The van der Waals surface area contributed by atoms with Gasteiger partial charge in [-0.3, -0.25) is 0 Å². The van der Waals surface area contributed by atoms with Crippen LogP contribution in [0.4, 0.5) is 0 Å². The van der Waals surface area contributed by atoms with Gasteiger partial charge in [-0.05, 0) is 12.5 Å². The van der Waals surface area contributed by atoms with Crippen LogP contribution in [0.15, 0.2) is 36.8 Å². The van der Waals surface area contributed by atoms with E-state index in [1.807, 2.05) is 12.1 Å². The first-order valence-electron chi connectivity index (χ1n) is 4.11. The molecule has 2 aromatic rings. The summed E-state index contributed by atoms with van der Waals surface area (Å²) in [6, 6.07) is 8.20. The first-order valence-corrected chi connectivity index (χ1v) is 4.11. The van der Waals surface area contributed by atoms with E-state index in [0.717, 1.165) is 11.1 Å². The van der Waals surface area contributed by atoms with Crippen LogP contribution >= 0.6 is 0 Å². The van der Waals surface area contributed by atoms with E-state index in [4.69, 9.17) is 0 Å². The third kappa shape index (κ3) is 1.72. The summed E-state index contributed by atoms with van der Waals surface area (Å²) < 4.78 is 0. The lowest BCUT2D eigenvalue weighted by atomic mass is 10.1. The minimum Gasteiger partial charge on any atom is -0.244 e.